The van der Waals surface area contributed by atoms with E-state index in [1.807, 2.05) is 43.3 Å². The number of fused-ring (bicyclic) bond motifs is 1. The molecule has 1 aliphatic heterocycles. The number of carbonyl (C=O) groups excluding carboxylic acids is 1. The van der Waals surface area contributed by atoms with E-state index in [-0.39, 0.29) is 12.7 Å². The van der Waals surface area contributed by atoms with Crippen molar-refractivity contribution in [1.82, 2.24) is 15.3 Å². The van der Waals surface area contributed by atoms with E-state index in [0.717, 1.165) is 22.0 Å². The van der Waals surface area contributed by atoms with Crippen molar-refractivity contribution >= 4 is 17.2 Å². The third-order valence-electron chi connectivity index (χ3n) is 3.78. The highest BCUT2D eigenvalue weighted by molar-refractivity contribution is 7.17. The largest absolute Gasteiger partial charge is 0.454 e. The van der Waals surface area contributed by atoms with Crippen molar-refractivity contribution < 1.29 is 14.3 Å². The Morgan fingerprint density at radius 3 is 2.96 bits per heavy atom. The van der Waals surface area contributed by atoms with E-state index < -0.39 is 0 Å². The minimum Gasteiger partial charge on any atom is -0.454 e. The number of hydrogen-bond donors (Lipinski definition) is 1. The van der Waals surface area contributed by atoms with Gasteiger partial charge in [-0.2, -0.15) is 0 Å². The second-order valence-electron chi connectivity index (χ2n) is 5.52. The number of thiazole rings is 1. The predicted molar refractivity (Wildman–Crippen MR) is 93.8 cm³/mol. The number of nitrogens with one attached hydrogen (secondary N) is 1. The fraction of sp³-hybridized carbons (Fsp3) is 0.167. The molecule has 3 aromatic rings. The van der Waals surface area contributed by atoms with Gasteiger partial charge in [0, 0.05) is 12.7 Å². The number of rotatable bonds is 4. The number of benzene rings is 1. The molecule has 0 spiro atoms. The number of ether oxygens (including phenoxy) is 2. The van der Waals surface area contributed by atoms with Crippen LogP contribution in [0.4, 0.5) is 0 Å². The molecule has 0 unspecified atom stereocenters. The van der Waals surface area contributed by atoms with Gasteiger partial charge < -0.3 is 14.8 Å². The minimum absolute atomic E-state index is 0.144. The summed E-state index contributed by atoms with van der Waals surface area (Å²) in [7, 11) is 0. The highest BCUT2D eigenvalue weighted by atomic mass is 32.1. The van der Waals surface area contributed by atoms with E-state index in [9.17, 15) is 4.79 Å². The van der Waals surface area contributed by atoms with Gasteiger partial charge in [-0.3, -0.25) is 9.78 Å². The first-order valence-electron chi connectivity index (χ1n) is 7.76. The molecule has 1 amide bonds. The smallest absolute Gasteiger partial charge is 0.263 e. The molecule has 0 bridgehead atoms. The maximum atomic E-state index is 12.5. The second-order valence-corrected chi connectivity index (χ2v) is 6.52. The summed E-state index contributed by atoms with van der Waals surface area (Å²) in [6.07, 6.45) is 1.71. The Kier molecular flexibility index (Phi) is 4.07. The number of pyridine rings is 1. The number of hydrogen-bond acceptors (Lipinski definition) is 6. The van der Waals surface area contributed by atoms with Crippen molar-refractivity contribution in [1.29, 1.82) is 0 Å². The molecule has 2 aromatic heterocycles. The van der Waals surface area contributed by atoms with Crippen LogP contribution < -0.4 is 14.8 Å². The molecule has 4 rings (SSSR count). The van der Waals surface area contributed by atoms with Crippen LogP contribution >= 0.6 is 11.3 Å². The highest BCUT2D eigenvalue weighted by Gasteiger charge is 2.17. The van der Waals surface area contributed by atoms with E-state index in [4.69, 9.17) is 9.47 Å². The van der Waals surface area contributed by atoms with Gasteiger partial charge in [0.1, 0.15) is 9.88 Å². The molecule has 0 saturated heterocycles. The van der Waals surface area contributed by atoms with E-state index in [1.165, 1.54) is 11.3 Å². The summed E-state index contributed by atoms with van der Waals surface area (Å²) in [6, 6.07) is 11.3. The first kappa shape index (κ1) is 15.6. The van der Waals surface area contributed by atoms with Gasteiger partial charge in [0.05, 0.1) is 11.4 Å². The monoisotopic (exact) mass is 353 g/mol. The van der Waals surface area contributed by atoms with Gasteiger partial charge in [0.15, 0.2) is 11.5 Å². The maximum Gasteiger partial charge on any atom is 0.263 e. The van der Waals surface area contributed by atoms with Crippen molar-refractivity contribution in [2.75, 3.05) is 6.79 Å². The normalized spacial score (nSPS) is 12.2. The molecule has 7 heteroatoms. The van der Waals surface area contributed by atoms with Crippen LogP contribution in [0.15, 0.2) is 42.6 Å². The van der Waals surface area contributed by atoms with Gasteiger partial charge in [-0.05, 0) is 36.8 Å². The molecule has 0 radical (unpaired) electrons. The van der Waals surface area contributed by atoms with Crippen LogP contribution in [-0.4, -0.2) is 22.7 Å². The lowest BCUT2D eigenvalue weighted by Gasteiger charge is -2.05. The number of nitrogens with zero attached hydrogens (tertiary/aromatic N) is 2. The van der Waals surface area contributed by atoms with Crippen LogP contribution in [-0.2, 0) is 6.54 Å². The van der Waals surface area contributed by atoms with Crippen molar-refractivity contribution in [3.05, 3.63) is 58.7 Å². The summed E-state index contributed by atoms with van der Waals surface area (Å²) >= 11 is 1.35. The van der Waals surface area contributed by atoms with Crippen LogP contribution in [0.3, 0.4) is 0 Å². The number of aryl methyl sites for hydroxylation is 1. The lowest BCUT2D eigenvalue weighted by molar-refractivity contribution is 0.0954. The zero-order valence-corrected chi connectivity index (χ0v) is 14.3. The van der Waals surface area contributed by atoms with E-state index in [1.54, 1.807) is 6.20 Å². The Labute approximate surface area is 148 Å². The zero-order chi connectivity index (χ0) is 17.2. The predicted octanol–water partition coefficient (Wildman–Crippen LogP) is 3.17. The van der Waals surface area contributed by atoms with E-state index in [2.05, 4.69) is 15.3 Å². The third kappa shape index (κ3) is 3.18. The average molecular weight is 353 g/mol. The van der Waals surface area contributed by atoms with Crippen molar-refractivity contribution in [2.45, 2.75) is 13.5 Å². The first-order valence-corrected chi connectivity index (χ1v) is 8.58. The summed E-state index contributed by atoms with van der Waals surface area (Å²) in [6.45, 7) is 2.48. The van der Waals surface area contributed by atoms with Crippen molar-refractivity contribution in [2.24, 2.45) is 0 Å². The Morgan fingerprint density at radius 1 is 1.24 bits per heavy atom. The van der Waals surface area contributed by atoms with Crippen LogP contribution in [0.2, 0.25) is 0 Å². The molecular weight excluding hydrogens is 338 g/mol. The quantitative estimate of drug-likeness (QED) is 0.780. The Bertz CT molecular complexity index is 925. The molecule has 3 heterocycles. The summed E-state index contributed by atoms with van der Waals surface area (Å²) in [5, 5.41) is 3.67. The molecule has 6 nitrogen and oxygen atoms in total. The molecule has 0 saturated carbocycles. The molecule has 1 N–H and O–H groups in total. The molecule has 126 valence electrons. The molecule has 25 heavy (non-hydrogen) atoms. The maximum absolute atomic E-state index is 12.5. The molecule has 1 aliphatic rings. The van der Waals surface area contributed by atoms with Crippen LogP contribution in [0, 0.1) is 6.92 Å². The topological polar surface area (TPSA) is 73.3 Å². The van der Waals surface area contributed by atoms with Crippen LogP contribution in [0.5, 0.6) is 11.5 Å². The van der Waals surface area contributed by atoms with Crippen molar-refractivity contribution in [3.63, 3.8) is 0 Å². The Morgan fingerprint density at radius 2 is 2.12 bits per heavy atom. The Hall–Kier alpha value is -2.93. The SMILES string of the molecule is Cc1nc(-c2ccccn2)sc1C(=O)NCc1ccc2c(c1)OCO2. The molecule has 1 aromatic carbocycles. The van der Waals surface area contributed by atoms with Gasteiger partial charge in [-0.1, -0.05) is 12.1 Å². The third-order valence-corrected chi connectivity index (χ3v) is 4.96. The van der Waals surface area contributed by atoms with Gasteiger partial charge in [-0.25, -0.2) is 4.98 Å². The standard InChI is InChI=1S/C18H15N3O3S/c1-11-16(25-18(21-11)13-4-2-3-7-19-13)17(22)20-9-12-5-6-14-15(8-12)24-10-23-14/h2-8H,9-10H2,1H3,(H,20,22). The van der Waals surface area contributed by atoms with Gasteiger partial charge in [0.25, 0.3) is 5.91 Å². The highest BCUT2D eigenvalue weighted by Crippen LogP contribution is 2.32. The first-order chi connectivity index (χ1) is 12.2. The summed E-state index contributed by atoms with van der Waals surface area (Å²) in [4.78, 5) is 21.8. The van der Waals surface area contributed by atoms with Crippen LogP contribution in [0.1, 0.15) is 20.9 Å². The van der Waals surface area contributed by atoms with Crippen LogP contribution in [0.25, 0.3) is 10.7 Å². The zero-order valence-electron chi connectivity index (χ0n) is 13.5. The summed E-state index contributed by atoms with van der Waals surface area (Å²) < 4.78 is 10.6. The minimum atomic E-state index is -0.144. The lowest BCUT2D eigenvalue weighted by atomic mass is 10.2. The van der Waals surface area contributed by atoms with Gasteiger partial charge in [-0.15, -0.1) is 11.3 Å². The number of amides is 1. The fourth-order valence-electron chi connectivity index (χ4n) is 2.52. The van der Waals surface area contributed by atoms with Gasteiger partial charge in [0.2, 0.25) is 6.79 Å². The fourth-order valence-corrected chi connectivity index (χ4v) is 3.48. The Balaban J connectivity index is 1.47. The molecule has 0 atom stereocenters. The summed E-state index contributed by atoms with van der Waals surface area (Å²) in [5.41, 5.74) is 2.42. The molecular formula is C18H15N3O3S. The van der Waals surface area contributed by atoms with E-state index >= 15 is 0 Å². The number of aromatic nitrogens is 2. The second kappa shape index (κ2) is 6.52. The average Bonchev–Trinajstić information content (AvgIpc) is 3.26. The molecule has 0 aliphatic carbocycles. The number of carbonyl (C=O) groups is 1. The lowest BCUT2D eigenvalue weighted by Crippen LogP contribution is -2.22. The summed E-state index contributed by atoms with van der Waals surface area (Å²) in [5.74, 6) is 1.29. The van der Waals surface area contributed by atoms with Crippen molar-refractivity contribution in [3.8, 4) is 22.2 Å². The molecule has 0 fully saturated rings. The van der Waals surface area contributed by atoms with Gasteiger partial charge >= 0.3 is 0 Å². The van der Waals surface area contributed by atoms with E-state index in [0.29, 0.717) is 22.9 Å².